The van der Waals surface area contributed by atoms with Gasteiger partial charge in [-0.15, -0.1) is 21.8 Å². The predicted octanol–water partition coefficient (Wildman–Crippen LogP) is 3.27. The smallest absolute Gasteiger partial charge is 0.152 e. The Balaban J connectivity index is 2.09. The van der Waals surface area contributed by atoms with Crippen LogP contribution in [0.4, 0.5) is 0 Å². The number of aromatic nitrogens is 3. The molecular weight excluding hydrogens is 234 g/mol. The highest BCUT2D eigenvalue weighted by Gasteiger charge is 2.26. The number of rotatable bonds is 3. The van der Waals surface area contributed by atoms with Gasteiger partial charge in [-0.3, -0.25) is 4.57 Å². The fourth-order valence-electron chi connectivity index (χ4n) is 2.21. The number of hydrogen-bond donors (Lipinski definition) is 0. The summed E-state index contributed by atoms with van der Waals surface area (Å²) in [5, 5.41) is 8.51. The Bertz CT molecular complexity index is 503. The van der Waals surface area contributed by atoms with Gasteiger partial charge in [-0.1, -0.05) is 24.6 Å². The van der Waals surface area contributed by atoms with E-state index in [1.54, 1.807) is 0 Å². The third-order valence-corrected chi connectivity index (χ3v) is 3.60. The largest absolute Gasteiger partial charge is 0.282 e. The summed E-state index contributed by atoms with van der Waals surface area (Å²) in [6, 6.07) is 10.2. The molecule has 2 aromatic rings. The van der Waals surface area contributed by atoms with Crippen molar-refractivity contribution < 1.29 is 0 Å². The summed E-state index contributed by atoms with van der Waals surface area (Å²) in [7, 11) is 0. The minimum absolute atomic E-state index is 0.397. The zero-order valence-corrected chi connectivity index (χ0v) is 10.3. The summed E-state index contributed by atoms with van der Waals surface area (Å²) in [5.41, 5.74) is 1.11. The molecule has 1 aliphatic carbocycles. The first-order chi connectivity index (χ1) is 8.40. The molecule has 1 aliphatic rings. The molecule has 0 saturated heterocycles. The van der Waals surface area contributed by atoms with Crippen molar-refractivity contribution in [2.45, 2.75) is 31.1 Å². The van der Waals surface area contributed by atoms with E-state index in [1.165, 1.54) is 19.3 Å². The quantitative estimate of drug-likeness (QED) is 0.780. The van der Waals surface area contributed by atoms with E-state index in [-0.39, 0.29) is 0 Å². The van der Waals surface area contributed by atoms with Gasteiger partial charge in [0.15, 0.2) is 5.82 Å². The molecule has 1 aromatic carbocycles. The van der Waals surface area contributed by atoms with E-state index in [1.807, 2.05) is 18.2 Å². The number of benzene rings is 1. The van der Waals surface area contributed by atoms with E-state index in [4.69, 9.17) is 11.6 Å². The maximum atomic E-state index is 5.94. The van der Waals surface area contributed by atoms with Crippen molar-refractivity contribution in [3.63, 3.8) is 0 Å². The summed E-state index contributed by atoms with van der Waals surface area (Å²) in [6.07, 6.45) is 3.73. The van der Waals surface area contributed by atoms with Gasteiger partial charge >= 0.3 is 0 Å². The molecule has 3 rings (SSSR count). The summed E-state index contributed by atoms with van der Waals surface area (Å²) < 4.78 is 2.11. The third-order valence-electron chi connectivity index (χ3n) is 3.36. The molecule has 88 valence electrons. The molecule has 1 heterocycles. The Morgan fingerprint density at radius 2 is 1.94 bits per heavy atom. The van der Waals surface area contributed by atoms with Gasteiger partial charge in [-0.25, -0.2) is 0 Å². The van der Waals surface area contributed by atoms with Crippen LogP contribution in [0.5, 0.6) is 0 Å². The van der Waals surface area contributed by atoms with E-state index in [0.717, 1.165) is 17.3 Å². The second-order valence-electron chi connectivity index (χ2n) is 4.41. The Hall–Kier alpha value is -1.35. The van der Waals surface area contributed by atoms with E-state index in [0.29, 0.717) is 11.8 Å². The van der Waals surface area contributed by atoms with Crippen LogP contribution < -0.4 is 0 Å². The van der Waals surface area contributed by atoms with Crippen molar-refractivity contribution in [1.29, 1.82) is 0 Å². The molecule has 0 N–H and O–H groups in total. The average Bonchev–Trinajstić information content (AvgIpc) is 2.71. The third kappa shape index (κ3) is 1.84. The average molecular weight is 248 g/mol. The molecule has 1 aromatic heterocycles. The number of alkyl halides is 1. The molecule has 1 fully saturated rings. The zero-order chi connectivity index (χ0) is 11.7. The molecule has 0 aliphatic heterocycles. The van der Waals surface area contributed by atoms with Crippen LogP contribution in [0.15, 0.2) is 30.3 Å². The Morgan fingerprint density at radius 3 is 2.53 bits per heavy atom. The first-order valence-corrected chi connectivity index (χ1v) is 6.49. The van der Waals surface area contributed by atoms with Crippen LogP contribution in [0.1, 0.15) is 36.8 Å². The Morgan fingerprint density at radius 1 is 1.18 bits per heavy atom. The molecule has 0 spiro atoms. The molecule has 4 heteroatoms. The van der Waals surface area contributed by atoms with Crippen LogP contribution in [-0.4, -0.2) is 14.8 Å². The SMILES string of the molecule is ClCc1nnc(C2CCC2)n1-c1ccccc1. The zero-order valence-electron chi connectivity index (χ0n) is 9.51. The van der Waals surface area contributed by atoms with Crippen molar-refractivity contribution in [1.82, 2.24) is 14.8 Å². The summed E-state index contributed by atoms with van der Waals surface area (Å²) in [4.78, 5) is 0. The molecule has 17 heavy (non-hydrogen) atoms. The lowest BCUT2D eigenvalue weighted by Crippen LogP contribution is -2.15. The number of halogens is 1. The second kappa shape index (κ2) is 4.49. The first-order valence-electron chi connectivity index (χ1n) is 5.95. The van der Waals surface area contributed by atoms with Crippen LogP contribution in [0.3, 0.4) is 0 Å². The van der Waals surface area contributed by atoms with Crippen molar-refractivity contribution >= 4 is 11.6 Å². The summed E-state index contributed by atoms with van der Waals surface area (Å²) >= 11 is 5.94. The maximum absolute atomic E-state index is 5.94. The monoisotopic (exact) mass is 247 g/mol. The van der Waals surface area contributed by atoms with Crippen molar-refractivity contribution in [2.24, 2.45) is 0 Å². The number of para-hydroxylation sites is 1. The van der Waals surface area contributed by atoms with E-state index in [9.17, 15) is 0 Å². The van der Waals surface area contributed by atoms with Crippen LogP contribution in [0, 0.1) is 0 Å². The fraction of sp³-hybridized carbons (Fsp3) is 0.385. The normalized spacial score (nSPS) is 15.8. The standard InChI is InChI=1S/C13H14ClN3/c14-9-12-15-16-13(10-5-4-6-10)17(12)11-7-2-1-3-8-11/h1-3,7-8,10H,4-6,9H2. The molecule has 3 nitrogen and oxygen atoms in total. The highest BCUT2D eigenvalue weighted by atomic mass is 35.5. The lowest BCUT2D eigenvalue weighted by molar-refractivity contribution is 0.396. The summed E-state index contributed by atoms with van der Waals surface area (Å²) in [6.45, 7) is 0. The first kappa shape index (κ1) is 10.8. The lowest BCUT2D eigenvalue weighted by Gasteiger charge is -2.25. The number of nitrogens with zero attached hydrogens (tertiary/aromatic N) is 3. The lowest BCUT2D eigenvalue weighted by atomic mass is 9.85. The Kier molecular flexibility index (Phi) is 2.85. The molecule has 0 amide bonds. The minimum atomic E-state index is 0.397. The highest BCUT2D eigenvalue weighted by molar-refractivity contribution is 6.16. The molecular formula is C13H14ClN3. The van der Waals surface area contributed by atoms with Gasteiger partial charge in [-0.05, 0) is 25.0 Å². The van der Waals surface area contributed by atoms with E-state index in [2.05, 4.69) is 26.9 Å². The molecule has 0 radical (unpaired) electrons. The minimum Gasteiger partial charge on any atom is -0.282 e. The fourth-order valence-corrected chi connectivity index (χ4v) is 2.38. The molecule has 0 bridgehead atoms. The van der Waals surface area contributed by atoms with Gasteiger partial charge < -0.3 is 0 Å². The Labute approximate surface area is 105 Å². The molecule has 0 atom stereocenters. The van der Waals surface area contributed by atoms with E-state index < -0.39 is 0 Å². The molecule has 0 unspecified atom stereocenters. The van der Waals surface area contributed by atoms with Gasteiger partial charge in [0.25, 0.3) is 0 Å². The van der Waals surface area contributed by atoms with Gasteiger partial charge in [0.05, 0.1) is 5.88 Å². The van der Waals surface area contributed by atoms with Crippen LogP contribution in [0.25, 0.3) is 5.69 Å². The van der Waals surface area contributed by atoms with Gasteiger partial charge in [0, 0.05) is 11.6 Å². The van der Waals surface area contributed by atoms with Crippen LogP contribution in [0.2, 0.25) is 0 Å². The van der Waals surface area contributed by atoms with Gasteiger partial charge in [0.2, 0.25) is 0 Å². The van der Waals surface area contributed by atoms with E-state index >= 15 is 0 Å². The summed E-state index contributed by atoms with van der Waals surface area (Å²) in [5.74, 6) is 2.85. The highest BCUT2D eigenvalue weighted by Crippen LogP contribution is 2.36. The number of hydrogen-bond acceptors (Lipinski definition) is 2. The maximum Gasteiger partial charge on any atom is 0.152 e. The molecule has 1 saturated carbocycles. The van der Waals surface area contributed by atoms with Crippen LogP contribution in [-0.2, 0) is 5.88 Å². The van der Waals surface area contributed by atoms with Crippen molar-refractivity contribution in [3.05, 3.63) is 42.0 Å². The second-order valence-corrected chi connectivity index (χ2v) is 4.67. The van der Waals surface area contributed by atoms with Crippen molar-refractivity contribution in [3.8, 4) is 5.69 Å². The van der Waals surface area contributed by atoms with Crippen LogP contribution >= 0.6 is 11.6 Å². The van der Waals surface area contributed by atoms with Gasteiger partial charge in [0.1, 0.15) is 5.82 Å². The predicted molar refractivity (Wildman–Crippen MR) is 67.5 cm³/mol. The van der Waals surface area contributed by atoms with Gasteiger partial charge in [-0.2, -0.15) is 0 Å². The topological polar surface area (TPSA) is 30.7 Å². The van der Waals surface area contributed by atoms with Crippen molar-refractivity contribution in [2.75, 3.05) is 0 Å².